The average molecular weight is 311 g/mol. The molecule has 0 saturated carbocycles. The van der Waals surface area contributed by atoms with Crippen LogP contribution in [0.3, 0.4) is 0 Å². The molecule has 0 N–H and O–H groups in total. The molecule has 5 heteroatoms. The Balaban J connectivity index is 1.76. The quantitative estimate of drug-likeness (QED) is 0.783. The van der Waals surface area contributed by atoms with E-state index < -0.39 is 0 Å². The molecule has 0 aliphatic carbocycles. The summed E-state index contributed by atoms with van der Waals surface area (Å²) in [5.41, 5.74) is 1.13. The van der Waals surface area contributed by atoms with Gasteiger partial charge in [0.2, 0.25) is 5.95 Å². The van der Waals surface area contributed by atoms with E-state index in [4.69, 9.17) is 0 Å². The highest BCUT2D eigenvalue weighted by molar-refractivity contribution is 9.08. The van der Waals surface area contributed by atoms with Crippen molar-refractivity contribution < 1.29 is 0 Å². The van der Waals surface area contributed by atoms with Gasteiger partial charge >= 0.3 is 0 Å². The number of hydrogen-bond acceptors (Lipinski definition) is 4. The van der Waals surface area contributed by atoms with Gasteiger partial charge in [0.1, 0.15) is 0 Å². The first kappa shape index (κ1) is 12.4. The minimum Gasteiger partial charge on any atom is -0.339 e. The van der Waals surface area contributed by atoms with Crippen LogP contribution in [0.4, 0.5) is 5.95 Å². The zero-order chi connectivity index (χ0) is 12.5. The number of aromatic nitrogens is 2. The second-order valence-corrected chi connectivity index (χ2v) is 5.87. The van der Waals surface area contributed by atoms with Gasteiger partial charge in [0.05, 0.1) is 0 Å². The van der Waals surface area contributed by atoms with Crippen molar-refractivity contribution in [3.63, 3.8) is 0 Å². The molecule has 0 spiro atoms. The van der Waals surface area contributed by atoms with Crippen LogP contribution in [0, 0.1) is 0 Å². The minimum atomic E-state index is 0.678. The van der Waals surface area contributed by atoms with Crippen LogP contribution >= 0.6 is 15.9 Å². The minimum absolute atomic E-state index is 0.678. The fraction of sp³-hybridized carbons (Fsp3) is 0.692. The molecule has 0 radical (unpaired) electrons. The van der Waals surface area contributed by atoms with E-state index >= 15 is 0 Å². The topological polar surface area (TPSA) is 32.3 Å². The third kappa shape index (κ3) is 2.26. The van der Waals surface area contributed by atoms with Gasteiger partial charge in [-0.1, -0.05) is 15.9 Å². The van der Waals surface area contributed by atoms with Crippen LogP contribution in [0.25, 0.3) is 0 Å². The second kappa shape index (κ2) is 5.13. The average Bonchev–Trinajstić information content (AvgIpc) is 2.64. The molecule has 2 aliphatic rings. The largest absolute Gasteiger partial charge is 0.339 e. The van der Waals surface area contributed by atoms with Gasteiger partial charge in [-0.15, -0.1) is 0 Å². The fourth-order valence-electron chi connectivity index (χ4n) is 3.07. The van der Waals surface area contributed by atoms with Crippen molar-refractivity contribution in [2.24, 2.45) is 0 Å². The Morgan fingerprint density at radius 3 is 2.67 bits per heavy atom. The Labute approximate surface area is 117 Å². The molecule has 2 aliphatic heterocycles. The van der Waals surface area contributed by atoms with Gasteiger partial charge in [0.15, 0.2) is 0 Å². The molecule has 3 heterocycles. The molecular weight excluding hydrogens is 292 g/mol. The normalized spacial score (nSPS) is 28.4. The number of rotatable bonds is 2. The summed E-state index contributed by atoms with van der Waals surface area (Å²) in [5.74, 6) is 0.889. The lowest BCUT2D eigenvalue weighted by molar-refractivity contribution is 0.254. The molecular formula is C13H19BrN4. The summed E-state index contributed by atoms with van der Waals surface area (Å²) in [6.07, 6.45) is 7.75. The highest BCUT2D eigenvalue weighted by atomic mass is 79.9. The fourth-order valence-corrected chi connectivity index (χ4v) is 3.36. The van der Waals surface area contributed by atoms with Gasteiger partial charge < -0.3 is 4.90 Å². The van der Waals surface area contributed by atoms with E-state index in [9.17, 15) is 0 Å². The monoisotopic (exact) mass is 310 g/mol. The Morgan fingerprint density at radius 1 is 1.22 bits per heavy atom. The van der Waals surface area contributed by atoms with Crippen LogP contribution in [0.1, 0.15) is 24.8 Å². The van der Waals surface area contributed by atoms with Crippen molar-refractivity contribution in [2.45, 2.75) is 36.7 Å². The van der Waals surface area contributed by atoms with E-state index in [0.717, 1.165) is 36.0 Å². The van der Waals surface area contributed by atoms with Gasteiger partial charge in [-0.05, 0) is 31.9 Å². The van der Waals surface area contributed by atoms with E-state index in [1.54, 1.807) is 0 Å². The van der Waals surface area contributed by atoms with Crippen molar-refractivity contribution in [1.82, 2.24) is 14.9 Å². The van der Waals surface area contributed by atoms with Crippen LogP contribution in [-0.2, 0) is 5.33 Å². The summed E-state index contributed by atoms with van der Waals surface area (Å²) in [7, 11) is 2.26. The molecule has 4 nitrogen and oxygen atoms in total. The smallest absolute Gasteiger partial charge is 0.225 e. The summed E-state index contributed by atoms with van der Waals surface area (Å²) in [4.78, 5) is 13.9. The molecule has 2 bridgehead atoms. The van der Waals surface area contributed by atoms with E-state index in [1.807, 2.05) is 12.4 Å². The molecule has 2 unspecified atom stereocenters. The maximum absolute atomic E-state index is 4.49. The van der Waals surface area contributed by atoms with E-state index in [-0.39, 0.29) is 0 Å². The summed E-state index contributed by atoms with van der Waals surface area (Å²) >= 11 is 3.42. The molecule has 3 rings (SSSR count). The van der Waals surface area contributed by atoms with Gasteiger partial charge in [-0.25, -0.2) is 9.97 Å². The second-order valence-electron chi connectivity index (χ2n) is 5.31. The van der Waals surface area contributed by atoms with Gasteiger partial charge in [0, 0.05) is 42.9 Å². The predicted molar refractivity (Wildman–Crippen MR) is 76.1 cm³/mol. The lowest BCUT2D eigenvalue weighted by Crippen LogP contribution is -2.37. The Hall–Kier alpha value is -0.680. The molecule has 0 amide bonds. The SMILES string of the molecule is CN1C2CCC1CN(c1ncc(CBr)cn1)CC2. The summed E-state index contributed by atoms with van der Waals surface area (Å²) in [6, 6.07) is 1.44. The number of alkyl halides is 1. The number of likely N-dealkylation sites (N-methyl/N-ethyl adjacent to an activating group) is 1. The molecule has 98 valence electrons. The molecule has 2 saturated heterocycles. The first-order valence-electron chi connectivity index (χ1n) is 6.61. The molecule has 2 atom stereocenters. The Kier molecular flexibility index (Phi) is 3.52. The van der Waals surface area contributed by atoms with Crippen molar-refractivity contribution in [3.05, 3.63) is 18.0 Å². The maximum Gasteiger partial charge on any atom is 0.225 e. The van der Waals surface area contributed by atoms with E-state index in [1.165, 1.54) is 19.3 Å². The standard InChI is InChI=1S/C13H19BrN4/c1-17-11-2-3-12(17)9-18(5-4-11)13-15-7-10(6-14)8-16-13/h7-8,11-12H,2-6,9H2,1H3. The molecule has 0 aromatic carbocycles. The van der Waals surface area contributed by atoms with Gasteiger partial charge in [0.25, 0.3) is 0 Å². The lowest BCUT2D eigenvalue weighted by atomic mass is 10.1. The van der Waals surface area contributed by atoms with Crippen LogP contribution in [0.2, 0.25) is 0 Å². The summed E-state index contributed by atoms with van der Waals surface area (Å²) in [6.45, 7) is 2.15. The zero-order valence-corrected chi connectivity index (χ0v) is 12.3. The zero-order valence-electron chi connectivity index (χ0n) is 10.7. The van der Waals surface area contributed by atoms with E-state index in [0.29, 0.717) is 6.04 Å². The maximum atomic E-state index is 4.49. The number of fused-ring (bicyclic) bond motifs is 2. The van der Waals surface area contributed by atoms with Crippen molar-refractivity contribution in [1.29, 1.82) is 0 Å². The van der Waals surface area contributed by atoms with Crippen LogP contribution in [0.15, 0.2) is 12.4 Å². The Bertz CT molecular complexity index is 408. The Morgan fingerprint density at radius 2 is 1.94 bits per heavy atom. The van der Waals surface area contributed by atoms with Gasteiger partial charge in [-0.2, -0.15) is 0 Å². The van der Waals surface area contributed by atoms with Crippen molar-refractivity contribution in [3.8, 4) is 0 Å². The highest BCUT2D eigenvalue weighted by Crippen LogP contribution is 2.29. The number of halogens is 1. The third-order valence-electron chi connectivity index (χ3n) is 4.28. The highest BCUT2D eigenvalue weighted by Gasteiger charge is 2.35. The predicted octanol–water partition coefficient (Wildman–Crippen LogP) is 2.04. The first-order valence-corrected chi connectivity index (χ1v) is 7.74. The molecule has 1 aromatic rings. The van der Waals surface area contributed by atoms with Crippen LogP contribution in [0.5, 0.6) is 0 Å². The number of nitrogens with zero attached hydrogens (tertiary/aromatic N) is 4. The molecule has 18 heavy (non-hydrogen) atoms. The van der Waals surface area contributed by atoms with Crippen molar-refractivity contribution in [2.75, 3.05) is 25.0 Å². The summed E-state index contributed by atoms with van der Waals surface area (Å²) in [5, 5.41) is 0.820. The third-order valence-corrected chi connectivity index (χ3v) is 4.92. The first-order chi connectivity index (χ1) is 8.78. The van der Waals surface area contributed by atoms with E-state index in [2.05, 4.69) is 42.7 Å². The number of anilines is 1. The molecule has 1 aromatic heterocycles. The van der Waals surface area contributed by atoms with Crippen LogP contribution in [-0.4, -0.2) is 47.1 Å². The summed E-state index contributed by atoms with van der Waals surface area (Å²) < 4.78 is 0. The number of hydrogen-bond donors (Lipinski definition) is 0. The lowest BCUT2D eigenvalue weighted by Gasteiger charge is -2.25. The van der Waals surface area contributed by atoms with Crippen LogP contribution < -0.4 is 4.90 Å². The molecule has 2 fully saturated rings. The van der Waals surface area contributed by atoms with Crippen molar-refractivity contribution >= 4 is 21.9 Å². The van der Waals surface area contributed by atoms with Gasteiger partial charge in [-0.3, -0.25) is 4.90 Å².